The van der Waals surface area contributed by atoms with Gasteiger partial charge in [0.2, 0.25) is 0 Å². The molecule has 1 aromatic rings. The van der Waals surface area contributed by atoms with Crippen LogP contribution in [0.4, 0.5) is 0 Å². The molecule has 106 valence electrons. The number of Topliss-reactive ketones (excluding diaryl/α,β-unsaturated/α-hetero) is 1. The molecule has 4 heteroatoms. The van der Waals surface area contributed by atoms with Crippen LogP contribution in [0.15, 0.2) is 24.3 Å². The molecule has 0 aliphatic carbocycles. The highest BCUT2D eigenvalue weighted by molar-refractivity contribution is 6.02. The van der Waals surface area contributed by atoms with Crippen LogP contribution < -0.4 is 10.5 Å². The van der Waals surface area contributed by atoms with Gasteiger partial charge in [0.05, 0.1) is 18.2 Å². The van der Waals surface area contributed by atoms with Gasteiger partial charge < -0.3 is 15.2 Å². The lowest BCUT2D eigenvalue weighted by Gasteiger charge is -2.26. The Morgan fingerprint density at radius 3 is 2.47 bits per heavy atom. The molecule has 0 amide bonds. The summed E-state index contributed by atoms with van der Waals surface area (Å²) in [7, 11) is 1.61. The first-order chi connectivity index (χ1) is 8.88. The number of hydrogen-bond donors (Lipinski definition) is 1. The smallest absolute Gasteiger partial charge is 0.183 e. The van der Waals surface area contributed by atoms with E-state index in [9.17, 15) is 4.79 Å². The molecule has 0 spiro atoms. The number of ether oxygens (including phenoxy) is 2. The van der Waals surface area contributed by atoms with Crippen molar-refractivity contribution in [3.8, 4) is 5.75 Å². The molecule has 0 aliphatic heterocycles. The van der Waals surface area contributed by atoms with Crippen molar-refractivity contribution >= 4 is 5.78 Å². The molecule has 0 heterocycles. The van der Waals surface area contributed by atoms with Gasteiger partial charge in [-0.1, -0.05) is 32.9 Å². The molecule has 1 aromatic carbocycles. The summed E-state index contributed by atoms with van der Waals surface area (Å²) in [5.41, 5.74) is 6.27. The molecule has 1 rings (SSSR count). The second-order valence-electron chi connectivity index (χ2n) is 5.55. The van der Waals surface area contributed by atoms with E-state index in [2.05, 4.69) is 0 Å². The Morgan fingerprint density at radius 1 is 1.26 bits per heavy atom. The second-order valence-corrected chi connectivity index (χ2v) is 5.55. The highest BCUT2D eigenvalue weighted by atomic mass is 16.5. The second kappa shape index (κ2) is 6.68. The van der Waals surface area contributed by atoms with E-state index in [1.54, 1.807) is 19.2 Å². The van der Waals surface area contributed by atoms with Gasteiger partial charge in [-0.15, -0.1) is 0 Å². The molecule has 1 unspecified atom stereocenters. The average Bonchev–Trinajstić information content (AvgIpc) is 2.37. The van der Waals surface area contributed by atoms with E-state index in [4.69, 9.17) is 15.2 Å². The Labute approximate surface area is 114 Å². The molecular formula is C15H23NO3. The van der Waals surface area contributed by atoms with E-state index in [-0.39, 0.29) is 11.2 Å². The molecule has 0 saturated heterocycles. The fourth-order valence-corrected chi connectivity index (χ4v) is 1.59. The van der Waals surface area contributed by atoms with Gasteiger partial charge >= 0.3 is 0 Å². The number of benzene rings is 1. The molecule has 0 saturated carbocycles. The third-order valence-corrected chi connectivity index (χ3v) is 2.91. The van der Waals surface area contributed by atoms with Crippen LogP contribution in [0.2, 0.25) is 0 Å². The van der Waals surface area contributed by atoms with Gasteiger partial charge in [-0.25, -0.2) is 0 Å². The van der Waals surface area contributed by atoms with E-state index in [0.29, 0.717) is 24.5 Å². The summed E-state index contributed by atoms with van der Waals surface area (Å²) in [4.78, 5) is 12.4. The van der Waals surface area contributed by atoms with Crippen molar-refractivity contribution in [1.29, 1.82) is 0 Å². The Hall–Kier alpha value is -1.39. The molecular weight excluding hydrogens is 242 g/mol. The van der Waals surface area contributed by atoms with Crippen LogP contribution in [-0.4, -0.2) is 32.1 Å². The summed E-state index contributed by atoms with van der Waals surface area (Å²) < 4.78 is 10.5. The van der Waals surface area contributed by atoms with Gasteiger partial charge in [-0.05, 0) is 17.5 Å². The minimum absolute atomic E-state index is 0.0967. The fraction of sp³-hybridized carbons (Fsp3) is 0.533. The molecule has 0 radical (unpaired) electrons. The summed E-state index contributed by atoms with van der Waals surface area (Å²) in [6.45, 7) is 6.73. The third kappa shape index (κ3) is 4.33. The summed E-state index contributed by atoms with van der Waals surface area (Å²) >= 11 is 0. The van der Waals surface area contributed by atoms with Crippen LogP contribution in [0.1, 0.15) is 31.1 Å². The summed E-state index contributed by atoms with van der Waals surface area (Å²) in [5, 5.41) is 0. The van der Waals surface area contributed by atoms with Crippen LogP contribution in [0.5, 0.6) is 5.75 Å². The fourth-order valence-electron chi connectivity index (χ4n) is 1.59. The number of para-hydroxylation sites is 1. The van der Waals surface area contributed by atoms with Crippen LogP contribution in [-0.2, 0) is 4.74 Å². The van der Waals surface area contributed by atoms with E-state index in [1.165, 1.54) is 0 Å². The van der Waals surface area contributed by atoms with Gasteiger partial charge in [0.1, 0.15) is 12.4 Å². The zero-order valence-electron chi connectivity index (χ0n) is 12.1. The van der Waals surface area contributed by atoms with E-state index in [0.717, 1.165) is 0 Å². The van der Waals surface area contributed by atoms with Gasteiger partial charge in [0.25, 0.3) is 0 Å². The number of nitrogens with two attached hydrogens (primary N) is 1. The number of hydrogen-bond acceptors (Lipinski definition) is 4. The van der Waals surface area contributed by atoms with Crippen molar-refractivity contribution in [2.24, 2.45) is 11.1 Å². The lowest BCUT2D eigenvalue weighted by atomic mass is 9.83. The highest BCUT2D eigenvalue weighted by Gasteiger charge is 2.29. The van der Waals surface area contributed by atoms with Crippen molar-refractivity contribution in [3.05, 3.63) is 29.8 Å². The molecule has 1 atom stereocenters. The molecule has 2 N–H and O–H groups in total. The van der Waals surface area contributed by atoms with Crippen molar-refractivity contribution in [1.82, 2.24) is 0 Å². The maximum atomic E-state index is 12.4. The molecule has 19 heavy (non-hydrogen) atoms. The molecule has 0 aliphatic rings. The van der Waals surface area contributed by atoms with Gasteiger partial charge in [-0.2, -0.15) is 0 Å². The molecule has 0 fully saturated rings. The zero-order valence-corrected chi connectivity index (χ0v) is 12.1. The van der Waals surface area contributed by atoms with Crippen LogP contribution in [0, 0.1) is 5.41 Å². The van der Waals surface area contributed by atoms with Gasteiger partial charge in [0.15, 0.2) is 5.78 Å². The van der Waals surface area contributed by atoms with E-state index >= 15 is 0 Å². The van der Waals surface area contributed by atoms with Crippen molar-refractivity contribution in [3.63, 3.8) is 0 Å². The average molecular weight is 265 g/mol. The van der Waals surface area contributed by atoms with Crippen LogP contribution >= 0.6 is 0 Å². The Morgan fingerprint density at radius 2 is 1.89 bits per heavy atom. The van der Waals surface area contributed by atoms with Crippen molar-refractivity contribution < 1.29 is 14.3 Å². The van der Waals surface area contributed by atoms with Crippen molar-refractivity contribution in [2.45, 2.75) is 26.8 Å². The predicted molar refractivity (Wildman–Crippen MR) is 75.6 cm³/mol. The molecule has 0 aromatic heterocycles. The summed E-state index contributed by atoms with van der Waals surface area (Å²) in [6, 6.07) is 6.61. The normalized spacial score (nSPS) is 13.1. The van der Waals surface area contributed by atoms with Crippen LogP contribution in [0.25, 0.3) is 0 Å². The monoisotopic (exact) mass is 265 g/mol. The standard InChI is InChI=1S/C15H23NO3/c1-15(2,3)14(16)13(17)11-7-5-6-8-12(11)19-10-9-18-4/h5-8,14H,9-10,16H2,1-4H3. The zero-order chi connectivity index (χ0) is 14.5. The molecule has 0 bridgehead atoms. The minimum atomic E-state index is -0.556. The topological polar surface area (TPSA) is 61.5 Å². The van der Waals surface area contributed by atoms with Gasteiger partial charge in [-0.3, -0.25) is 4.79 Å². The van der Waals surface area contributed by atoms with E-state index in [1.807, 2.05) is 32.9 Å². The maximum absolute atomic E-state index is 12.4. The first-order valence-electron chi connectivity index (χ1n) is 6.38. The van der Waals surface area contributed by atoms with Crippen LogP contribution in [0.3, 0.4) is 0 Å². The SMILES string of the molecule is COCCOc1ccccc1C(=O)C(N)C(C)(C)C. The van der Waals surface area contributed by atoms with E-state index < -0.39 is 6.04 Å². The summed E-state index contributed by atoms with van der Waals surface area (Å²) in [6.07, 6.45) is 0. The minimum Gasteiger partial charge on any atom is -0.490 e. The first kappa shape index (κ1) is 15.7. The molecule has 4 nitrogen and oxygen atoms in total. The summed E-state index contributed by atoms with van der Waals surface area (Å²) in [5.74, 6) is 0.463. The number of carbonyl (C=O) groups is 1. The lowest BCUT2D eigenvalue weighted by Crippen LogP contribution is -2.42. The number of methoxy groups -OCH3 is 1. The third-order valence-electron chi connectivity index (χ3n) is 2.91. The number of ketones is 1. The maximum Gasteiger partial charge on any atom is 0.183 e. The Bertz CT molecular complexity index is 424. The first-order valence-corrected chi connectivity index (χ1v) is 6.38. The largest absolute Gasteiger partial charge is 0.490 e. The lowest BCUT2D eigenvalue weighted by molar-refractivity contribution is 0.0894. The van der Waals surface area contributed by atoms with Crippen molar-refractivity contribution in [2.75, 3.05) is 20.3 Å². The highest BCUT2D eigenvalue weighted by Crippen LogP contribution is 2.25. The Kier molecular flexibility index (Phi) is 5.51. The van der Waals surface area contributed by atoms with Gasteiger partial charge in [0, 0.05) is 7.11 Å². The number of carbonyl (C=O) groups excluding carboxylic acids is 1. The quantitative estimate of drug-likeness (QED) is 0.633. The Balaban J connectivity index is 2.90. The number of rotatable bonds is 6. The predicted octanol–water partition coefficient (Wildman–Crippen LogP) is 2.27.